The summed E-state index contributed by atoms with van der Waals surface area (Å²) in [6.07, 6.45) is 7.36. The Hall–Kier alpha value is -1.36. The monoisotopic (exact) mass is 280 g/mol. The van der Waals surface area contributed by atoms with Crippen LogP contribution in [-0.4, -0.2) is 59.0 Å². The van der Waals surface area contributed by atoms with Gasteiger partial charge in [0.15, 0.2) is 0 Å². The van der Waals surface area contributed by atoms with Crippen molar-refractivity contribution in [2.24, 2.45) is 0 Å². The van der Waals surface area contributed by atoms with Gasteiger partial charge in [0.2, 0.25) is 5.91 Å². The van der Waals surface area contributed by atoms with Crippen molar-refractivity contribution in [2.75, 3.05) is 26.2 Å². The number of hydrogen-bond acceptors (Lipinski definition) is 3. The van der Waals surface area contributed by atoms with Crippen molar-refractivity contribution in [3.63, 3.8) is 0 Å². The van der Waals surface area contributed by atoms with E-state index in [1.165, 1.54) is 18.4 Å². The number of carbonyl (C=O) groups is 2. The Balaban J connectivity index is 1.79. The SMILES string of the molecule is CC(C(=O)O)N1CCN(C(=O)CC2=CCCCC2)CC1. The van der Waals surface area contributed by atoms with E-state index in [9.17, 15) is 9.59 Å². The van der Waals surface area contributed by atoms with E-state index in [0.717, 1.165) is 12.8 Å². The standard InChI is InChI=1S/C15H24N2O3/c1-12(15(19)20)16-7-9-17(10-8-16)14(18)11-13-5-3-2-4-6-13/h5,12H,2-4,6-11H2,1H3,(H,19,20). The van der Waals surface area contributed by atoms with E-state index in [1.54, 1.807) is 6.92 Å². The third-order valence-corrected chi connectivity index (χ3v) is 4.34. The molecule has 5 heteroatoms. The Bertz CT molecular complexity index is 398. The highest BCUT2D eigenvalue weighted by Crippen LogP contribution is 2.21. The molecule has 0 radical (unpaired) electrons. The normalized spacial score (nSPS) is 22.2. The minimum atomic E-state index is -0.794. The topological polar surface area (TPSA) is 60.9 Å². The van der Waals surface area contributed by atoms with E-state index >= 15 is 0 Å². The zero-order chi connectivity index (χ0) is 14.5. The third kappa shape index (κ3) is 3.82. The summed E-state index contributed by atoms with van der Waals surface area (Å²) in [6.45, 7) is 4.29. The zero-order valence-electron chi connectivity index (χ0n) is 12.2. The van der Waals surface area contributed by atoms with E-state index in [0.29, 0.717) is 32.6 Å². The average Bonchev–Trinajstić information content (AvgIpc) is 2.47. The minimum absolute atomic E-state index is 0.195. The molecule has 0 aromatic carbocycles. The molecular weight excluding hydrogens is 256 g/mol. The molecule has 112 valence electrons. The van der Waals surface area contributed by atoms with Gasteiger partial charge in [-0.15, -0.1) is 0 Å². The number of piperazine rings is 1. The number of rotatable bonds is 4. The smallest absolute Gasteiger partial charge is 0.320 e. The van der Waals surface area contributed by atoms with Crippen molar-refractivity contribution in [3.05, 3.63) is 11.6 Å². The molecule has 0 bridgehead atoms. The maximum absolute atomic E-state index is 12.2. The Morgan fingerprint density at radius 3 is 2.50 bits per heavy atom. The minimum Gasteiger partial charge on any atom is -0.480 e. The zero-order valence-corrected chi connectivity index (χ0v) is 12.2. The molecule has 1 N–H and O–H groups in total. The van der Waals surface area contributed by atoms with E-state index in [1.807, 2.05) is 9.80 Å². The quantitative estimate of drug-likeness (QED) is 0.793. The Morgan fingerprint density at radius 1 is 1.25 bits per heavy atom. The first-order valence-corrected chi connectivity index (χ1v) is 7.50. The predicted molar refractivity (Wildman–Crippen MR) is 76.4 cm³/mol. The van der Waals surface area contributed by atoms with Gasteiger partial charge in [0.1, 0.15) is 6.04 Å². The van der Waals surface area contributed by atoms with Crippen LogP contribution < -0.4 is 0 Å². The molecule has 1 atom stereocenters. The number of aliphatic carboxylic acids is 1. The van der Waals surface area contributed by atoms with Gasteiger partial charge >= 0.3 is 5.97 Å². The molecular formula is C15H24N2O3. The third-order valence-electron chi connectivity index (χ3n) is 4.34. The summed E-state index contributed by atoms with van der Waals surface area (Å²) in [7, 11) is 0. The summed E-state index contributed by atoms with van der Waals surface area (Å²) in [5, 5.41) is 9.00. The second-order valence-electron chi connectivity index (χ2n) is 5.72. The Morgan fingerprint density at radius 2 is 1.95 bits per heavy atom. The first kappa shape index (κ1) is 15.0. The predicted octanol–water partition coefficient (Wildman–Crippen LogP) is 1.49. The summed E-state index contributed by atoms with van der Waals surface area (Å²) in [4.78, 5) is 27.0. The van der Waals surface area contributed by atoms with Gasteiger partial charge in [-0.05, 0) is 32.6 Å². The molecule has 2 aliphatic rings. The number of carboxylic acids is 1. The second kappa shape index (κ2) is 6.88. The van der Waals surface area contributed by atoms with Gasteiger partial charge in [0.05, 0.1) is 0 Å². The molecule has 0 aromatic rings. The molecule has 2 rings (SSSR count). The van der Waals surface area contributed by atoms with E-state index in [-0.39, 0.29) is 5.91 Å². The highest BCUT2D eigenvalue weighted by Gasteiger charge is 2.27. The first-order valence-electron chi connectivity index (χ1n) is 7.50. The van der Waals surface area contributed by atoms with Crippen LogP contribution in [0.25, 0.3) is 0 Å². The largest absolute Gasteiger partial charge is 0.480 e. The lowest BCUT2D eigenvalue weighted by atomic mass is 9.97. The molecule has 0 spiro atoms. The lowest BCUT2D eigenvalue weighted by Crippen LogP contribution is -2.53. The molecule has 1 unspecified atom stereocenters. The van der Waals surface area contributed by atoms with Crippen LogP contribution in [0.3, 0.4) is 0 Å². The van der Waals surface area contributed by atoms with Crippen molar-refractivity contribution in [1.29, 1.82) is 0 Å². The number of nitrogens with zero attached hydrogens (tertiary/aromatic N) is 2. The second-order valence-corrected chi connectivity index (χ2v) is 5.72. The molecule has 1 amide bonds. The van der Waals surface area contributed by atoms with Crippen LogP contribution in [0.2, 0.25) is 0 Å². The average molecular weight is 280 g/mol. The molecule has 1 heterocycles. The maximum Gasteiger partial charge on any atom is 0.320 e. The van der Waals surface area contributed by atoms with Crippen LogP contribution in [0.15, 0.2) is 11.6 Å². The molecule has 0 saturated carbocycles. The fraction of sp³-hybridized carbons (Fsp3) is 0.733. The number of carbonyl (C=O) groups excluding carboxylic acids is 1. The number of carboxylic acid groups (broad SMARTS) is 1. The van der Waals surface area contributed by atoms with Crippen LogP contribution >= 0.6 is 0 Å². The van der Waals surface area contributed by atoms with Gasteiger partial charge in [-0.2, -0.15) is 0 Å². The van der Waals surface area contributed by atoms with E-state index < -0.39 is 12.0 Å². The van der Waals surface area contributed by atoms with E-state index in [4.69, 9.17) is 5.11 Å². The van der Waals surface area contributed by atoms with Crippen molar-refractivity contribution in [3.8, 4) is 0 Å². The summed E-state index contributed by atoms with van der Waals surface area (Å²) in [5.41, 5.74) is 1.28. The molecule has 1 saturated heterocycles. The highest BCUT2D eigenvalue weighted by molar-refractivity contribution is 5.79. The number of allylic oxidation sites excluding steroid dienone is 1. The summed E-state index contributed by atoms with van der Waals surface area (Å²) < 4.78 is 0. The lowest BCUT2D eigenvalue weighted by molar-refractivity contribution is -0.144. The maximum atomic E-state index is 12.2. The van der Waals surface area contributed by atoms with Crippen LogP contribution in [-0.2, 0) is 9.59 Å². The van der Waals surface area contributed by atoms with Gasteiger partial charge in [-0.3, -0.25) is 14.5 Å². The summed E-state index contributed by atoms with van der Waals surface area (Å²) in [6, 6.07) is -0.465. The molecule has 1 aliphatic heterocycles. The van der Waals surface area contributed by atoms with Crippen molar-refractivity contribution >= 4 is 11.9 Å². The number of hydrogen-bond donors (Lipinski definition) is 1. The molecule has 1 aliphatic carbocycles. The Labute approximate surface area is 120 Å². The van der Waals surface area contributed by atoms with Crippen molar-refractivity contribution in [2.45, 2.75) is 45.1 Å². The van der Waals surface area contributed by atoms with Crippen LogP contribution in [0.5, 0.6) is 0 Å². The van der Waals surface area contributed by atoms with Gasteiger partial charge in [-0.1, -0.05) is 11.6 Å². The van der Waals surface area contributed by atoms with Gasteiger partial charge < -0.3 is 10.0 Å². The lowest BCUT2D eigenvalue weighted by Gasteiger charge is -2.36. The Kier molecular flexibility index (Phi) is 5.17. The van der Waals surface area contributed by atoms with Crippen molar-refractivity contribution in [1.82, 2.24) is 9.80 Å². The van der Waals surface area contributed by atoms with Crippen LogP contribution in [0.4, 0.5) is 0 Å². The van der Waals surface area contributed by atoms with Gasteiger partial charge in [0, 0.05) is 32.6 Å². The fourth-order valence-electron chi connectivity index (χ4n) is 2.89. The fourth-order valence-corrected chi connectivity index (χ4v) is 2.89. The van der Waals surface area contributed by atoms with Gasteiger partial charge in [0.25, 0.3) is 0 Å². The van der Waals surface area contributed by atoms with Crippen LogP contribution in [0.1, 0.15) is 39.0 Å². The van der Waals surface area contributed by atoms with Crippen molar-refractivity contribution < 1.29 is 14.7 Å². The molecule has 0 aromatic heterocycles. The molecule has 5 nitrogen and oxygen atoms in total. The highest BCUT2D eigenvalue weighted by atomic mass is 16.4. The van der Waals surface area contributed by atoms with Gasteiger partial charge in [-0.25, -0.2) is 0 Å². The molecule has 20 heavy (non-hydrogen) atoms. The summed E-state index contributed by atoms with van der Waals surface area (Å²) in [5.74, 6) is -0.599. The molecule has 1 fully saturated rings. The number of amides is 1. The summed E-state index contributed by atoms with van der Waals surface area (Å²) >= 11 is 0. The van der Waals surface area contributed by atoms with Crippen LogP contribution in [0, 0.1) is 0 Å². The first-order chi connectivity index (χ1) is 9.58. The van der Waals surface area contributed by atoms with E-state index in [2.05, 4.69) is 6.08 Å².